The highest BCUT2D eigenvalue weighted by molar-refractivity contribution is 5.82. The van der Waals surface area contributed by atoms with Gasteiger partial charge < -0.3 is 9.64 Å². The van der Waals surface area contributed by atoms with Gasteiger partial charge in [0.15, 0.2) is 0 Å². The largest absolute Gasteiger partial charge is 0.383 e. The van der Waals surface area contributed by atoms with E-state index in [1.807, 2.05) is 23.1 Å². The second-order valence-electron chi connectivity index (χ2n) is 7.28. The number of likely N-dealkylation sites (tertiary alicyclic amines) is 1. The third-order valence-corrected chi connectivity index (χ3v) is 5.54. The first-order chi connectivity index (χ1) is 12.2. The lowest BCUT2D eigenvalue weighted by molar-refractivity contribution is -0.142. The lowest BCUT2D eigenvalue weighted by Crippen LogP contribution is -2.58. The summed E-state index contributed by atoms with van der Waals surface area (Å²) in [7, 11) is 1.76. The molecule has 25 heavy (non-hydrogen) atoms. The van der Waals surface area contributed by atoms with Crippen molar-refractivity contribution >= 4 is 5.91 Å². The first-order valence-electron chi connectivity index (χ1n) is 9.49. The maximum absolute atomic E-state index is 13.0. The van der Waals surface area contributed by atoms with E-state index in [4.69, 9.17) is 4.74 Å². The number of rotatable bonds is 6. The van der Waals surface area contributed by atoms with E-state index < -0.39 is 0 Å². The predicted octanol–water partition coefficient (Wildman–Crippen LogP) is 1.83. The van der Waals surface area contributed by atoms with Gasteiger partial charge in [-0.3, -0.25) is 14.6 Å². The Hall–Kier alpha value is -1.43. The molecule has 0 radical (unpaired) electrons. The summed E-state index contributed by atoms with van der Waals surface area (Å²) in [5.41, 5.74) is 1.22. The fourth-order valence-corrected chi connectivity index (χ4v) is 4.06. The number of nitrogens with zero attached hydrogens (tertiary/aromatic N) is 3. The highest BCUT2D eigenvalue weighted by atomic mass is 16.5. The van der Waals surface area contributed by atoms with Crippen molar-refractivity contribution in [3.05, 3.63) is 35.9 Å². The van der Waals surface area contributed by atoms with Crippen LogP contribution in [0.25, 0.3) is 0 Å². The van der Waals surface area contributed by atoms with Gasteiger partial charge in [0.25, 0.3) is 0 Å². The number of carbonyl (C=O) groups excluding carboxylic acids is 1. The molecule has 138 valence electrons. The molecular weight excluding hydrogens is 314 g/mol. The van der Waals surface area contributed by atoms with E-state index in [-0.39, 0.29) is 6.04 Å². The second-order valence-corrected chi connectivity index (χ2v) is 7.28. The molecule has 2 heterocycles. The molecule has 3 rings (SSSR count). The fourth-order valence-electron chi connectivity index (χ4n) is 4.06. The zero-order chi connectivity index (χ0) is 17.6. The van der Waals surface area contributed by atoms with E-state index in [1.54, 1.807) is 7.11 Å². The first kappa shape index (κ1) is 18.4. The van der Waals surface area contributed by atoms with Gasteiger partial charge in [-0.15, -0.1) is 0 Å². The average molecular weight is 345 g/mol. The second kappa shape index (κ2) is 8.79. The van der Waals surface area contributed by atoms with Gasteiger partial charge in [-0.25, -0.2) is 0 Å². The van der Waals surface area contributed by atoms with Gasteiger partial charge in [-0.1, -0.05) is 30.3 Å². The maximum Gasteiger partial charge on any atom is 0.240 e. The van der Waals surface area contributed by atoms with Crippen molar-refractivity contribution < 1.29 is 9.53 Å². The van der Waals surface area contributed by atoms with E-state index in [1.165, 1.54) is 5.56 Å². The molecule has 0 bridgehead atoms. The van der Waals surface area contributed by atoms with Crippen LogP contribution in [0.5, 0.6) is 0 Å². The van der Waals surface area contributed by atoms with Crippen LogP contribution in [0.2, 0.25) is 0 Å². The molecule has 1 aromatic rings. The summed E-state index contributed by atoms with van der Waals surface area (Å²) in [6.07, 6.45) is 2.10. The highest BCUT2D eigenvalue weighted by Crippen LogP contribution is 2.21. The summed E-state index contributed by atoms with van der Waals surface area (Å²) in [6.45, 7) is 8.60. The number of amides is 1. The Morgan fingerprint density at radius 1 is 1.12 bits per heavy atom. The van der Waals surface area contributed by atoms with Crippen LogP contribution >= 0.6 is 0 Å². The Bertz CT molecular complexity index is 543. The van der Waals surface area contributed by atoms with Crippen LogP contribution in [-0.2, 0) is 16.1 Å². The zero-order valence-electron chi connectivity index (χ0n) is 15.6. The summed E-state index contributed by atoms with van der Waals surface area (Å²) in [4.78, 5) is 19.9. The van der Waals surface area contributed by atoms with Crippen LogP contribution in [0.3, 0.4) is 0 Å². The quantitative estimate of drug-likeness (QED) is 0.788. The van der Waals surface area contributed by atoms with Crippen molar-refractivity contribution in [3.8, 4) is 0 Å². The number of hydrogen-bond donors (Lipinski definition) is 0. The summed E-state index contributed by atoms with van der Waals surface area (Å²) in [6, 6.07) is 10.8. The molecule has 0 unspecified atom stereocenters. The van der Waals surface area contributed by atoms with Gasteiger partial charge in [0.1, 0.15) is 0 Å². The number of piperidine rings is 1. The van der Waals surface area contributed by atoms with Crippen LogP contribution in [0.1, 0.15) is 25.3 Å². The molecule has 2 aliphatic rings. The minimum atomic E-state index is 0.0670. The Labute approximate surface area is 151 Å². The molecule has 2 aliphatic heterocycles. The smallest absolute Gasteiger partial charge is 0.240 e. The SMILES string of the molecule is COC[C@@H](C)N1CCN([C@H]2CCCN(Cc3ccccc3)C2=O)CC1. The molecule has 2 atom stereocenters. The molecule has 0 saturated carbocycles. The van der Waals surface area contributed by atoms with Crippen molar-refractivity contribution in [2.75, 3.05) is 46.4 Å². The van der Waals surface area contributed by atoms with Crippen LogP contribution in [-0.4, -0.2) is 79.1 Å². The standard InChI is InChI=1S/C20H31N3O2/c1-17(16-25-2)21-11-13-22(14-12-21)19-9-6-10-23(20(19)24)15-18-7-4-3-5-8-18/h3-5,7-8,17,19H,6,9-16H2,1-2H3/t17-,19+/m1/s1. The molecule has 5 nitrogen and oxygen atoms in total. The molecule has 1 amide bonds. The minimum absolute atomic E-state index is 0.0670. The van der Waals surface area contributed by atoms with E-state index in [2.05, 4.69) is 28.9 Å². The number of carbonyl (C=O) groups is 1. The van der Waals surface area contributed by atoms with Crippen LogP contribution in [0, 0.1) is 0 Å². The van der Waals surface area contributed by atoms with Gasteiger partial charge in [0, 0.05) is 52.4 Å². The topological polar surface area (TPSA) is 36.0 Å². The predicted molar refractivity (Wildman–Crippen MR) is 99.4 cm³/mol. The minimum Gasteiger partial charge on any atom is -0.383 e. The number of methoxy groups -OCH3 is 1. The molecular formula is C20H31N3O2. The van der Waals surface area contributed by atoms with Crippen molar-refractivity contribution in [2.45, 2.75) is 38.4 Å². The molecule has 0 N–H and O–H groups in total. The number of ether oxygens (including phenoxy) is 1. The molecule has 2 fully saturated rings. The third-order valence-electron chi connectivity index (χ3n) is 5.54. The number of benzene rings is 1. The summed E-state index contributed by atoms with van der Waals surface area (Å²) >= 11 is 0. The normalized spacial score (nSPS) is 24.5. The lowest BCUT2D eigenvalue weighted by atomic mass is 10.0. The summed E-state index contributed by atoms with van der Waals surface area (Å²) in [5, 5.41) is 0. The van der Waals surface area contributed by atoms with E-state index >= 15 is 0 Å². The third kappa shape index (κ3) is 4.60. The van der Waals surface area contributed by atoms with Gasteiger partial charge in [-0.05, 0) is 25.3 Å². The Morgan fingerprint density at radius 2 is 1.84 bits per heavy atom. The van der Waals surface area contributed by atoms with E-state index in [0.717, 1.165) is 58.7 Å². The number of hydrogen-bond acceptors (Lipinski definition) is 4. The molecule has 1 aromatic carbocycles. The Kier molecular flexibility index (Phi) is 6.45. The maximum atomic E-state index is 13.0. The van der Waals surface area contributed by atoms with Gasteiger partial charge in [-0.2, -0.15) is 0 Å². The molecule has 0 aliphatic carbocycles. The zero-order valence-corrected chi connectivity index (χ0v) is 15.6. The van der Waals surface area contributed by atoms with Crippen LogP contribution < -0.4 is 0 Å². The first-order valence-corrected chi connectivity index (χ1v) is 9.49. The van der Waals surface area contributed by atoms with Crippen molar-refractivity contribution in [2.24, 2.45) is 0 Å². The van der Waals surface area contributed by atoms with Crippen molar-refractivity contribution in [3.63, 3.8) is 0 Å². The molecule has 2 saturated heterocycles. The van der Waals surface area contributed by atoms with Crippen molar-refractivity contribution in [1.82, 2.24) is 14.7 Å². The van der Waals surface area contributed by atoms with Crippen LogP contribution in [0.4, 0.5) is 0 Å². The van der Waals surface area contributed by atoms with Gasteiger partial charge in [0.2, 0.25) is 5.91 Å². The van der Waals surface area contributed by atoms with Gasteiger partial charge >= 0.3 is 0 Å². The summed E-state index contributed by atoms with van der Waals surface area (Å²) < 4.78 is 5.27. The molecule has 0 spiro atoms. The highest BCUT2D eigenvalue weighted by Gasteiger charge is 2.35. The lowest BCUT2D eigenvalue weighted by Gasteiger charge is -2.43. The van der Waals surface area contributed by atoms with Crippen LogP contribution in [0.15, 0.2) is 30.3 Å². The monoisotopic (exact) mass is 345 g/mol. The Balaban J connectivity index is 1.55. The average Bonchev–Trinajstić information content (AvgIpc) is 2.65. The molecule has 5 heteroatoms. The van der Waals surface area contributed by atoms with E-state index in [9.17, 15) is 4.79 Å². The molecule has 0 aromatic heterocycles. The van der Waals surface area contributed by atoms with Gasteiger partial charge in [0.05, 0.1) is 12.6 Å². The number of piperazine rings is 1. The van der Waals surface area contributed by atoms with E-state index in [0.29, 0.717) is 11.9 Å². The Morgan fingerprint density at radius 3 is 2.52 bits per heavy atom. The summed E-state index contributed by atoms with van der Waals surface area (Å²) in [5.74, 6) is 0.313. The fraction of sp³-hybridized carbons (Fsp3) is 0.650. The van der Waals surface area contributed by atoms with Crippen molar-refractivity contribution in [1.29, 1.82) is 0 Å².